The van der Waals surface area contributed by atoms with Crippen molar-refractivity contribution < 1.29 is 4.79 Å². The van der Waals surface area contributed by atoms with E-state index in [9.17, 15) is 9.59 Å². The second-order valence-corrected chi connectivity index (χ2v) is 9.10. The minimum absolute atomic E-state index is 0.00725. The number of aryl methyl sites for hydroxylation is 4. The first-order chi connectivity index (χ1) is 15.3. The first-order valence-electron chi connectivity index (χ1n) is 11.4. The lowest BCUT2D eigenvalue weighted by Crippen LogP contribution is -2.35. The van der Waals surface area contributed by atoms with Crippen molar-refractivity contribution in [1.82, 2.24) is 24.5 Å². The van der Waals surface area contributed by atoms with Crippen LogP contribution in [0.2, 0.25) is 0 Å². The van der Waals surface area contributed by atoms with Crippen LogP contribution in [0.1, 0.15) is 46.6 Å². The molecule has 0 saturated carbocycles. The predicted octanol–water partition coefficient (Wildman–Crippen LogP) is 3.02. The summed E-state index contributed by atoms with van der Waals surface area (Å²) < 4.78 is 3.53. The van der Waals surface area contributed by atoms with Crippen LogP contribution in [0.3, 0.4) is 0 Å². The van der Waals surface area contributed by atoms with E-state index >= 15 is 0 Å². The van der Waals surface area contributed by atoms with Crippen LogP contribution in [-0.2, 0) is 31.1 Å². The van der Waals surface area contributed by atoms with Gasteiger partial charge in [0.25, 0.3) is 5.56 Å². The number of nitrogens with zero attached hydrogens (tertiary/aromatic N) is 4. The summed E-state index contributed by atoms with van der Waals surface area (Å²) in [7, 11) is 3.84. The Morgan fingerprint density at radius 1 is 1.16 bits per heavy atom. The van der Waals surface area contributed by atoms with Gasteiger partial charge in [0.2, 0.25) is 5.91 Å². The molecule has 2 heterocycles. The van der Waals surface area contributed by atoms with E-state index in [-0.39, 0.29) is 17.4 Å². The number of benzene rings is 1. The molecular weight excluding hydrogens is 402 g/mol. The third-order valence-electron chi connectivity index (χ3n) is 6.93. The highest BCUT2D eigenvalue weighted by Gasteiger charge is 2.28. The first kappa shape index (κ1) is 22.1. The predicted molar refractivity (Wildman–Crippen MR) is 125 cm³/mol. The van der Waals surface area contributed by atoms with Crippen LogP contribution in [0.5, 0.6) is 0 Å². The van der Waals surface area contributed by atoms with Gasteiger partial charge in [-0.2, -0.15) is 5.10 Å². The van der Waals surface area contributed by atoms with Crippen LogP contribution in [0, 0.1) is 26.7 Å². The lowest BCUT2D eigenvalue weighted by molar-refractivity contribution is -0.134. The van der Waals surface area contributed by atoms with E-state index in [1.54, 1.807) is 4.68 Å². The molecule has 0 spiro atoms. The Bertz CT molecular complexity index is 1180. The van der Waals surface area contributed by atoms with E-state index in [0.29, 0.717) is 25.8 Å². The summed E-state index contributed by atoms with van der Waals surface area (Å²) in [5, 5.41) is 7.77. The average Bonchev–Trinajstić information content (AvgIpc) is 3.10. The molecule has 1 amide bonds. The fourth-order valence-electron chi connectivity index (χ4n) is 4.77. The number of carbonyl (C=O) groups is 1. The topological polar surface area (TPSA) is 75.9 Å². The van der Waals surface area contributed by atoms with Gasteiger partial charge in [-0.15, -0.1) is 0 Å². The third kappa shape index (κ3) is 4.16. The smallest absolute Gasteiger partial charge is 0.274 e. The Balaban J connectivity index is 1.41. The maximum Gasteiger partial charge on any atom is 0.274 e. The van der Waals surface area contributed by atoms with E-state index < -0.39 is 0 Å². The molecule has 0 fully saturated rings. The molecule has 7 heteroatoms. The molecule has 1 N–H and O–H groups in total. The van der Waals surface area contributed by atoms with Gasteiger partial charge in [0.1, 0.15) is 0 Å². The van der Waals surface area contributed by atoms with Gasteiger partial charge < -0.3 is 4.90 Å². The van der Waals surface area contributed by atoms with Crippen molar-refractivity contribution in [2.45, 2.75) is 52.9 Å². The zero-order valence-corrected chi connectivity index (χ0v) is 19.7. The van der Waals surface area contributed by atoms with Crippen LogP contribution < -0.4 is 5.56 Å². The number of nitrogens with one attached hydrogen (secondary N) is 1. The molecule has 32 heavy (non-hydrogen) atoms. The van der Waals surface area contributed by atoms with E-state index in [0.717, 1.165) is 46.7 Å². The van der Waals surface area contributed by atoms with Crippen LogP contribution in [0.25, 0.3) is 5.69 Å². The normalized spacial score (nSPS) is 16.0. The molecule has 0 saturated heterocycles. The van der Waals surface area contributed by atoms with E-state index in [1.807, 2.05) is 61.8 Å². The summed E-state index contributed by atoms with van der Waals surface area (Å²) in [6.07, 6.45) is 3.63. The van der Waals surface area contributed by atoms with Crippen LogP contribution in [-0.4, -0.2) is 44.0 Å². The van der Waals surface area contributed by atoms with Crippen molar-refractivity contribution in [3.05, 3.63) is 68.4 Å². The quantitative estimate of drug-likeness (QED) is 0.626. The molecule has 1 aromatic carbocycles. The van der Waals surface area contributed by atoms with Crippen molar-refractivity contribution >= 4 is 5.91 Å². The van der Waals surface area contributed by atoms with Gasteiger partial charge in [-0.25, -0.2) is 4.68 Å². The van der Waals surface area contributed by atoms with E-state index in [2.05, 4.69) is 17.1 Å². The van der Waals surface area contributed by atoms with Crippen LogP contribution in [0.15, 0.2) is 29.1 Å². The number of carbonyl (C=O) groups excluding carboxylic acids is 1. The van der Waals surface area contributed by atoms with Crippen molar-refractivity contribution in [3.63, 3.8) is 0 Å². The molecule has 0 radical (unpaired) electrons. The summed E-state index contributed by atoms with van der Waals surface area (Å²) in [6, 6.07) is 7.93. The van der Waals surface area contributed by atoms with Crippen molar-refractivity contribution in [2.75, 3.05) is 13.6 Å². The monoisotopic (exact) mass is 435 g/mol. The van der Waals surface area contributed by atoms with Gasteiger partial charge in [0.05, 0.1) is 11.4 Å². The maximum absolute atomic E-state index is 13.1. The Kier molecular flexibility index (Phi) is 6.09. The number of fused-ring (bicyclic) bond motifs is 1. The third-order valence-corrected chi connectivity index (χ3v) is 6.93. The number of amides is 1. The summed E-state index contributed by atoms with van der Waals surface area (Å²) in [6.45, 7) is 6.80. The Hall–Kier alpha value is -3.09. The second kappa shape index (κ2) is 8.81. The van der Waals surface area contributed by atoms with Gasteiger partial charge in [-0.3, -0.25) is 19.4 Å². The molecule has 1 aliphatic carbocycles. The lowest BCUT2D eigenvalue weighted by Gasteiger charge is -2.23. The molecule has 0 bridgehead atoms. The second-order valence-electron chi connectivity index (χ2n) is 9.10. The minimum Gasteiger partial charge on any atom is -0.345 e. The molecule has 4 rings (SSSR count). The van der Waals surface area contributed by atoms with Gasteiger partial charge in [-0.1, -0.05) is 17.7 Å². The molecule has 1 unspecified atom stereocenters. The van der Waals surface area contributed by atoms with Crippen LogP contribution in [0.4, 0.5) is 0 Å². The minimum atomic E-state index is -0.0517. The fraction of sp³-hybridized carbons (Fsp3) is 0.480. The molecule has 170 valence electrons. The Labute approximate surface area is 189 Å². The molecule has 7 nitrogen and oxygen atoms in total. The molecule has 3 aromatic rings. The SMILES string of the molecule is Cc1ccc(-n2[nH]c3c(c2=O)CCC(C(=O)N(C)CCc2c(C)nn(C)c2C)CC3)cc1. The molecule has 0 aliphatic heterocycles. The fourth-order valence-corrected chi connectivity index (χ4v) is 4.77. The number of H-pyrrole nitrogens is 1. The van der Waals surface area contributed by atoms with Gasteiger partial charge in [-0.05, 0) is 70.6 Å². The summed E-state index contributed by atoms with van der Waals surface area (Å²) in [5.41, 5.74) is 7.22. The maximum atomic E-state index is 13.1. The summed E-state index contributed by atoms with van der Waals surface area (Å²) in [5.74, 6) is 0.123. The number of hydrogen-bond donors (Lipinski definition) is 1. The lowest BCUT2D eigenvalue weighted by atomic mass is 9.98. The first-order valence-corrected chi connectivity index (χ1v) is 11.4. The van der Waals surface area contributed by atoms with Crippen molar-refractivity contribution in [3.8, 4) is 5.69 Å². The zero-order chi connectivity index (χ0) is 23.0. The number of rotatable bonds is 5. The molecular formula is C25H33N5O2. The zero-order valence-electron chi connectivity index (χ0n) is 19.7. The molecule has 1 aliphatic rings. The molecule has 1 atom stereocenters. The molecule has 2 aromatic heterocycles. The highest BCUT2D eigenvalue weighted by molar-refractivity contribution is 5.78. The van der Waals surface area contributed by atoms with Crippen molar-refractivity contribution in [1.29, 1.82) is 0 Å². The summed E-state index contributed by atoms with van der Waals surface area (Å²) in [4.78, 5) is 28.0. The van der Waals surface area contributed by atoms with Gasteiger partial charge in [0.15, 0.2) is 0 Å². The highest BCUT2D eigenvalue weighted by Crippen LogP contribution is 2.24. The number of hydrogen-bond acceptors (Lipinski definition) is 3. The number of likely N-dealkylation sites (N-methyl/N-ethyl adjacent to an activating group) is 1. The van der Waals surface area contributed by atoms with E-state index in [1.165, 1.54) is 5.56 Å². The number of aromatic amines is 1. The van der Waals surface area contributed by atoms with Gasteiger partial charge >= 0.3 is 0 Å². The highest BCUT2D eigenvalue weighted by atomic mass is 16.2. The Morgan fingerprint density at radius 3 is 2.50 bits per heavy atom. The largest absolute Gasteiger partial charge is 0.345 e. The van der Waals surface area contributed by atoms with Crippen LogP contribution >= 0.6 is 0 Å². The Morgan fingerprint density at radius 2 is 1.84 bits per heavy atom. The van der Waals surface area contributed by atoms with E-state index in [4.69, 9.17) is 0 Å². The average molecular weight is 436 g/mol. The number of aromatic nitrogens is 4. The van der Waals surface area contributed by atoms with Crippen molar-refractivity contribution in [2.24, 2.45) is 13.0 Å². The standard InChI is InChI=1S/C25H33N5O2/c1-16-6-10-20(11-7-16)30-25(32)22-12-8-19(9-13-23(22)27-30)24(31)28(4)15-14-21-17(2)26-29(5)18(21)3/h6-7,10-11,19,27H,8-9,12-15H2,1-5H3. The summed E-state index contributed by atoms with van der Waals surface area (Å²) >= 11 is 0. The van der Waals surface area contributed by atoms with Gasteiger partial charge in [0, 0.05) is 43.5 Å².